The van der Waals surface area contributed by atoms with Crippen molar-refractivity contribution in [2.24, 2.45) is 0 Å². The maximum atomic E-state index is 14.7. The Labute approximate surface area is 148 Å². The van der Waals surface area contributed by atoms with Crippen molar-refractivity contribution >= 4 is 11.6 Å². The highest BCUT2D eigenvalue weighted by molar-refractivity contribution is 6.30. The lowest BCUT2D eigenvalue weighted by atomic mass is 9.83. The van der Waals surface area contributed by atoms with Crippen LogP contribution in [0.25, 0.3) is 11.1 Å². The number of aryl methyl sites for hydroxylation is 2. The fourth-order valence-electron chi connectivity index (χ4n) is 2.66. The molecule has 0 saturated heterocycles. The van der Waals surface area contributed by atoms with Crippen molar-refractivity contribution in [3.8, 4) is 11.1 Å². The van der Waals surface area contributed by atoms with Gasteiger partial charge in [-0.3, -0.25) is 0 Å². The molecule has 0 aliphatic carbocycles. The van der Waals surface area contributed by atoms with Gasteiger partial charge in [-0.25, -0.2) is 8.78 Å². The van der Waals surface area contributed by atoms with E-state index >= 15 is 0 Å². The van der Waals surface area contributed by atoms with Crippen LogP contribution in [0.2, 0.25) is 5.02 Å². The number of hydrogen-bond donors (Lipinski definition) is 0. The summed E-state index contributed by atoms with van der Waals surface area (Å²) in [6.07, 6.45) is -12.6. The predicted molar refractivity (Wildman–Crippen MR) is 80.1 cm³/mol. The molecule has 2 rings (SSSR count). The molecule has 0 aromatic heterocycles. The Morgan fingerprint density at radius 1 is 0.885 bits per heavy atom. The Kier molecular flexibility index (Phi) is 5.04. The normalized spacial score (nSPS) is 13.2. The molecule has 0 spiro atoms. The van der Waals surface area contributed by atoms with Crippen molar-refractivity contribution in [1.82, 2.24) is 0 Å². The number of rotatable bonds is 2. The van der Waals surface area contributed by atoms with Crippen molar-refractivity contribution < 1.29 is 35.1 Å². The molecule has 1 radical (unpaired) electrons. The van der Waals surface area contributed by atoms with Gasteiger partial charge >= 0.3 is 18.0 Å². The van der Waals surface area contributed by atoms with Crippen LogP contribution in [0, 0.1) is 25.7 Å². The molecule has 0 aliphatic rings. The van der Waals surface area contributed by atoms with Gasteiger partial charge in [0.15, 0.2) is 0 Å². The highest BCUT2D eigenvalue weighted by Gasteiger charge is 2.74. The smallest absolute Gasteiger partial charge is 0.218 e. The molecule has 0 N–H and O–H groups in total. The van der Waals surface area contributed by atoms with Gasteiger partial charge in [0.1, 0.15) is 5.82 Å². The predicted octanol–water partition coefficient (Wildman–Crippen LogP) is 6.85. The first-order chi connectivity index (χ1) is 11.7. The minimum atomic E-state index is -6.32. The Hall–Kier alpha value is -1.83. The average molecular weight is 402 g/mol. The van der Waals surface area contributed by atoms with Gasteiger partial charge in [-0.05, 0) is 54.8 Å². The summed E-state index contributed by atoms with van der Waals surface area (Å²) >= 11 is 5.68. The summed E-state index contributed by atoms with van der Waals surface area (Å²) in [4.78, 5) is 0. The summed E-state index contributed by atoms with van der Waals surface area (Å²) in [5, 5.41) is -0.143. The van der Waals surface area contributed by atoms with Gasteiger partial charge in [0, 0.05) is 16.1 Å². The summed E-state index contributed by atoms with van der Waals surface area (Å²) in [6, 6.07) is 5.51. The number of benzene rings is 2. The zero-order valence-electron chi connectivity index (χ0n) is 13.2. The maximum Gasteiger partial charge on any atom is 0.435 e. The van der Waals surface area contributed by atoms with Crippen LogP contribution >= 0.6 is 11.6 Å². The third kappa shape index (κ3) is 3.26. The van der Waals surface area contributed by atoms with Gasteiger partial charge in [-0.1, -0.05) is 17.7 Å². The first-order valence-electron chi connectivity index (χ1n) is 7.02. The van der Waals surface area contributed by atoms with Crippen molar-refractivity contribution in [2.75, 3.05) is 0 Å². The fourth-order valence-corrected chi connectivity index (χ4v) is 2.83. The van der Waals surface area contributed by atoms with E-state index in [1.807, 2.05) is 0 Å². The molecule has 0 aliphatic heterocycles. The molecule has 9 heteroatoms. The lowest BCUT2D eigenvalue weighted by Crippen LogP contribution is -2.50. The van der Waals surface area contributed by atoms with Crippen LogP contribution in [0.1, 0.15) is 16.7 Å². The van der Waals surface area contributed by atoms with Crippen LogP contribution in [0.3, 0.4) is 0 Å². The van der Waals surface area contributed by atoms with Crippen LogP contribution in [-0.2, 0) is 5.67 Å². The Morgan fingerprint density at radius 3 is 1.92 bits per heavy atom. The van der Waals surface area contributed by atoms with Crippen molar-refractivity contribution in [1.29, 1.82) is 0 Å². The molecule has 0 unspecified atom stereocenters. The standard InChI is InChI=1S/C17H10ClF8/c1-8-5-9(2)14(11-7-10(18)3-4-13(11)19)12(6-8)15(20,16(21,22)23)17(24,25)26/h3-4,6-7H,1-2H3. The second-order valence-corrected chi connectivity index (χ2v) is 6.08. The molecule has 0 atom stereocenters. The zero-order chi connectivity index (χ0) is 20.1. The highest BCUT2D eigenvalue weighted by Crippen LogP contribution is 2.56. The number of hydrogen-bond acceptors (Lipinski definition) is 0. The summed E-state index contributed by atoms with van der Waals surface area (Å²) in [5.74, 6) is -1.15. The van der Waals surface area contributed by atoms with E-state index in [4.69, 9.17) is 11.6 Å². The largest absolute Gasteiger partial charge is 0.435 e. The molecule has 0 fully saturated rings. The first-order valence-corrected chi connectivity index (χ1v) is 7.39. The molecule has 0 amide bonds. The molecule has 0 nitrogen and oxygen atoms in total. The number of alkyl halides is 7. The van der Waals surface area contributed by atoms with Crippen LogP contribution in [0.5, 0.6) is 0 Å². The second-order valence-electron chi connectivity index (χ2n) is 5.64. The molecule has 2 aromatic rings. The number of halogens is 9. The van der Waals surface area contributed by atoms with Crippen molar-refractivity contribution in [3.05, 3.63) is 57.9 Å². The topological polar surface area (TPSA) is 0 Å². The monoisotopic (exact) mass is 401 g/mol. The van der Waals surface area contributed by atoms with Gasteiger partial charge < -0.3 is 0 Å². The van der Waals surface area contributed by atoms with E-state index in [1.165, 1.54) is 0 Å². The van der Waals surface area contributed by atoms with Crippen molar-refractivity contribution in [3.63, 3.8) is 0 Å². The molecule has 141 valence electrons. The Bertz CT molecular complexity index is 822. The van der Waals surface area contributed by atoms with Gasteiger partial charge in [-0.15, -0.1) is 0 Å². The Morgan fingerprint density at radius 2 is 1.42 bits per heavy atom. The van der Waals surface area contributed by atoms with E-state index in [0.29, 0.717) is 6.07 Å². The van der Waals surface area contributed by atoms with Gasteiger partial charge in [0.2, 0.25) is 0 Å². The van der Waals surface area contributed by atoms with E-state index in [9.17, 15) is 35.1 Å². The Balaban J connectivity index is 3.00. The lowest BCUT2D eigenvalue weighted by Gasteiger charge is -2.32. The van der Waals surface area contributed by atoms with Crippen LogP contribution in [0.15, 0.2) is 24.3 Å². The van der Waals surface area contributed by atoms with Gasteiger partial charge in [0.05, 0.1) is 0 Å². The van der Waals surface area contributed by atoms with E-state index in [2.05, 4.69) is 6.07 Å². The van der Waals surface area contributed by atoms with Crippen molar-refractivity contribution in [2.45, 2.75) is 31.9 Å². The van der Waals surface area contributed by atoms with E-state index in [1.54, 1.807) is 0 Å². The molecule has 0 saturated carbocycles. The molecule has 2 aromatic carbocycles. The maximum absolute atomic E-state index is 14.7. The van der Waals surface area contributed by atoms with E-state index < -0.39 is 40.5 Å². The summed E-state index contributed by atoms with van der Waals surface area (Å²) in [7, 11) is 0. The fraction of sp³-hybridized carbons (Fsp3) is 0.294. The first kappa shape index (κ1) is 20.5. The molecular formula is C17H10ClF8. The zero-order valence-corrected chi connectivity index (χ0v) is 14.0. The average Bonchev–Trinajstić information content (AvgIpc) is 2.46. The molecule has 0 bridgehead atoms. The van der Waals surface area contributed by atoms with Crippen LogP contribution in [0.4, 0.5) is 35.1 Å². The molecule has 26 heavy (non-hydrogen) atoms. The van der Waals surface area contributed by atoms with Crippen LogP contribution < -0.4 is 0 Å². The summed E-state index contributed by atoms with van der Waals surface area (Å²) < 4.78 is 108. The lowest BCUT2D eigenvalue weighted by molar-refractivity contribution is -0.348. The van der Waals surface area contributed by atoms with Gasteiger partial charge in [0.25, 0.3) is 0 Å². The van der Waals surface area contributed by atoms with Crippen LogP contribution in [-0.4, -0.2) is 12.4 Å². The highest BCUT2D eigenvalue weighted by atomic mass is 35.5. The second kappa shape index (κ2) is 6.40. The minimum Gasteiger partial charge on any atom is -0.218 e. The molecule has 0 heterocycles. The third-order valence-corrected chi connectivity index (χ3v) is 3.98. The quantitative estimate of drug-likeness (QED) is 0.483. The third-order valence-electron chi connectivity index (χ3n) is 3.74. The van der Waals surface area contributed by atoms with Gasteiger partial charge in [-0.2, -0.15) is 26.3 Å². The summed E-state index contributed by atoms with van der Waals surface area (Å²) in [5.41, 5.74) is -9.48. The summed E-state index contributed by atoms with van der Waals surface area (Å²) in [6.45, 7) is 2.27. The minimum absolute atomic E-state index is 0.143. The van der Waals surface area contributed by atoms with E-state index in [-0.39, 0.29) is 16.1 Å². The SMILES string of the molecule is Cc1[c]c(C)c(-c2cc(Cl)ccc2F)c(C(F)(C(F)(F)F)C(F)(F)F)c1. The molecular weight excluding hydrogens is 392 g/mol. The van der Waals surface area contributed by atoms with E-state index in [0.717, 1.165) is 32.0 Å².